The molecule has 0 aliphatic rings. The van der Waals surface area contributed by atoms with Gasteiger partial charge in [0.05, 0.1) is 0 Å². The number of H-pyrrole nitrogens is 1. The highest BCUT2D eigenvalue weighted by molar-refractivity contribution is 6.04. The molecule has 138 valence electrons. The third-order valence-electron chi connectivity index (χ3n) is 3.76. The Morgan fingerprint density at radius 1 is 1.00 bits per heavy atom. The maximum Gasteiger partial charge on any atom is 0.472 e. The van der Waals surface area contributed by atoms with Crippen LogP contribution in [0.15, 0.2) is 67.0 Å². The number of rotatable bonds is 5. The first-order valence-corrected chi connectivity index (χ1v) is 7.94. The molecule has 0 spiro atoms. The molecule has 0 bridgehead atoms. The summed E-state index contributed by atoms with van der Waals surface area (Å²) in [6.45, 7) is 0. The number of Topliss-reactive ketones (excluding diaryl/α,β-unsaturated/α-hetero) is 1. The van der Waals surface area contributed by atoms with Gasteiger partial charge in [-0.1, -0.05) is 30.3 Å². The van der Waals surface area contributed by atoms with Crippen LogP contribution in [0.25, 0.3) is 0 Å². The van der Waals surface area contributed by atoms with Crippen LogP contribution in [0.4, 0.5) is 24.5 Å². The molecule has 1 aromatic heterocycles. The summed E-state index contributed by atoms with van der Waals surface area (Å²) in [7, 11) is 0. The average Bonchev–Trinajstić information content (AvgIpc) is 3.17. The van der Waals surface area contributed by atoms with Crippen LogP contribution in [0.5, 0.6) is 0 Å². The molecule has 1 amide bonds. The van der Waals surface area contributed by atoms with Gasteiger partial charge < -0.3 is 4.98 Å². The fraction of sp³-hybridized carbons (Fsp3) is 0.105. The van der Waals surface area contributed by atoms with E-state index in [1.807, 2.05) is 0 Å². The third kappa shape index (κ3) is 4.22. The lowest BCUT2D eigenvalue weighted by Crippen LogP contribution is -2.38. The average molecular weight is 373 g/mol. The van der Waals surface area contributed by atoms with E-state index in [0.717, 1.165) is 0 Å². The smallest absolute Gasteiger partial charge is 0.342 e. The Labute approximate surface area is 152 Å². The van der Waals surface area contributed by atoms with E-state index in [2.05, 4.69) is 9.97 Å². The third-order valence-corrected chi connectivity index (χ3v) is 3.76. The summed E-state index contributed by atoms with van der Waals surface area (Å²) >= 11 is 0. The Morgan fingerprint density at radius 3 is 2.33 bits per heavy atom. The lowest BCUT2D eigenvalue weighted by Gasteiger charge is -2.24. The minimum absolute atomic E-state index is 0.0215. The van der Waals surface area contributed by atoms with Crippen LogP contribution in [-0.4, -0.2) is 27.8 Å². The first-order chi connectivity index (χ1) is 12.9. The van der Waals surface area contributed by atoms with Crippen molar-refractivity contribution < 1.29 is 22.8 Å². The number of alkyl halides is 3. The number of hydrogen-bond donors (Lipinski definition) is 1. The molecule has 0 unspecified atom stereocenters. The van der Waals surface area contributed by atoms with E-state index in [1.54, 1.807) is 12.1 Å². The van der Waals surface area contributed by atoms with E-state index in [0.29, 0.717) is 10.5 Å². The van der Waals surface area contributed by atoms with Crippen molar-refractivity contribution in [2.75, 3.05) is 4.90 Å². The minimum atomic E-state index is -5.05. The van der Waals surface area contributed by atoms with Gasteiger partial charge in [-0.05, 0) is 29.8 Å². The second-order valence-electron chi connectivity index (χ2n) is 5.68. The van der Waals surface area contributed by atoms with Crippen LogP contribution < -0.4 is 4.90 Å². The number of hydrogen-bond acceptors (Lipinski definition) is 3. The van der Waals surface area contributed by atoms with Crippen molar-refractivity contribution in [3.63, 3.8) is 0 Å². The lowest BCUT2D eigenvalue weighted by atomic mass is 10.1. The summed E-state index contributed by atoms with van der Waals surface area (Å²) in [6, 6.07) is 13.4. The zero-order valence-corrected chi connectivity index (χ0v) is 13.9. The Bertz CT molecular complexity index is 938. The molecule has 3 aromatic rings. The Hall–Kier alpha value is -3.42. The summed E-state index contributed by atoms with van der Waals surface area (Å²) in [4.78, 5) is 31.3. The summed E-state index contributed by atoms with van der Waals surface area (Å²) in [5, 5.41) is 0. The molecule has 5 nitrogen and oxygen atoms in total. The van der Waals surface area contributed by atoms with E-state index < -0.39 is 12.1 Å². The predicted octanol–water partition coefficient (Wildman–Crippen LogP) is 4.06. The van der Waals surface area contributed by atoms with Crippen molar-refractivity contribution in [3.05, 3.63) is 78.4 Å². The molecule has 0 saturated carbocycles. The van der Waals surface area contributed by atoms with Gasteiger partial charge in [0.2, 0.25) is 5.78 Å². The zero-order chi connectivity index (χ0) is 19.4. The number of aromatic amines is 1. The second-order valence-corrected chi connectivity index (χ2v) is 5.68. The van der Waals surface area contributed by atoms with Gasteiger partial charge in [0, 0.05) is 30.2 Å². The molecule has 1 N–H and O–H groups in total. The highest BCUT2D eigenvalue weighted by Crippen LogP contribution is 2.31. The van der Waals surface area contributed by atoms with Crippen molar-refractivity contribution in [1.82, 2.24) is 9.97 Å². The van der Waals surface area contributed by atoms with Gasteiger partial charge in [0.15, 0.2) is 5.82 Å². The van der Waals surface area contributed by atoms with Crippen LogP contribution >= 0.6 is 0 Å². The Balaban J connectivity index is 1.96. The maximum absolute atomic E-state index is 13.1. The predicted molar refractivity (Wildman–Crippen MR) is 92.7 cm³/mol. The molecule has 0 radical (unpaired) electrons. The SMILES string of the molecule is O=C(Cc1cccc(N(C(=O)C(F)(F)F)c2ccccc2)c1)c1ncc[nH]1. The van der Waals surface area contributed by atoms with Gasteiger partial charge in [-0.25, -0.2) is 4.98 Å². The topological polar surface area (TPSA) is 66.1 Å². The molecule has 2 aromatic carbocycles. The summed E-state index contributed by atoms with van der Waals surface area (Å²) in [5.74, 6) is -2.17. The van der Waals surface area contributed by atoms with E-state index in [1.165, 1.54) is 54.9 Å². The second kappa shape index (κ2) is 7.45. The zero-order valence-electron chi connectivity index (χ0n) is 13.9. The number of amides is 1. The van der Waals surface area contributed by atoms with E-state index in [4.69, 9.17) is 0 Å². The number of halogens is 3. The molecular weight excluding hydrogens is 359 g/mol. The van der Waals surface area contributed by atoms with Crippen LogP contribution in [0.3, 0.4) is 0 Å². The van der Waals surface area contributed by atoms with Gasteiger partial charge in [0.25, 0.3) is 0 Å². The highest BCUT2D eigenvalue weighted by atomic mass is 19.4. The highest BCUT2D eigenvalue weighted by Gasteiger charge is 2.43. The van der Waals surface area contributed by atoms with Crippen LogP contribution in [0.2, 0.25) is 0 Å². The number of benzene rings is 2. The van der Waals surface area contributed by atoms with Crippen LogP contribution in [-0.2, 0) is 11.2 Å². The molecule has 27 heavy (non-hydrogen) atoms. The number of nitrogens with one attached hydrogen (secondary N) is 1. The van der Waals surface area contributed by atoms with Gasteiger partial charge in [-0.3, -0.25) is 14.5 Å². The van der Waals surface area contributed by atoms with Crippen LogP contribution in [0.1, 0.15) is 16.2 Å². The first-order valence-electron chi connectivity index (χ1n) is 7.94. The number of carbonyl (C=O) groups is 2. The maximum atomic E-state index is 13.1. The van der Waals surface area contributed by atoms with Gasteiger partial charge in [0.1, 0.15) is 0 Å². The number of para-hydroxylation sites is 1. The number of carbonyl (C=O) groups excluding carboxylic acids is 2. The van der Waals surface area contributed by atoms with E-state index in [9.17, 15) is 22.8 Å². The molecule has 8 heteroatoms. The van der Waals surface area contributed by atoms with Gasteiger partial charge >= 0.3 is 12.1 Å². The van der Waals surface area contributed by atoms with Gasteiger partial charge in [-0.2, -0.15) is 13.2 Å². The standard InChI is InChI=1S/C19H14F3N3O2/c20-19(21,22)18(27)25(14-6-2-1-3-7-14)15-8-4-5-13(11-15)12-16(26)17-23-9-10-24-17/h1-11H,12H2,(H,23,24). The molecule has 3 rings (SSSR count). The fourth-order valence-electron chi connectivity index (χ4n) is 2.58. The van der Waals surface area contributed by atoms with E-state index in [-0.39, 0.29) is 29.4 Å². The van der Waals surface area contributed by atoms with Crippen molar-refractivity contribution >= 4 is 23.1 Å². The van der Waals surface area contributed by atoms with Crippen molar-refractivity contribution in [1.29, 1.82) is 0 Å². The fourth-order valence-corrected chi connectivity index (χ4v) is 2.58. The molecular formula is C19H14F3N3O2. The number of aromatic nitrogens is 2. The number of nitrogens with zero attached hydrogens (tertiary/aromatic N) is 2. The Kier molecular flexibility index (Phi) is 5.07. The van der Waals surface area contributed by atoms with Crippen molar-refractivity contribution in [2.24, 2.45) is 0 Å². The van der Waals surface area contributed by atoms with Crippen molar-refractivity contribution in [2.45, 2.75) is 12.6 Å². The minimum Gasteiger partial charge on any atom is -0.342 e. The number of ketones is 1. The molecule has 0 aliphatic carbocycles. The molecule has 0 atom stereocenters. The number of imidazole rings is 1. The monoisotopic (exact) mass is 373 g/mol. The number of anilines is 2. The summed E-state index contributed by atoms with van der Waals surface area (Å²) in [5.41, 5.74) is 0.562. The largest absolute Gasteiger partial charge is 0.472 e. The normalized spacial score (nSPS) is 11.2. The lowest BCUT2D eigenvalue weighted by molar-refractivity contribution is -0.169. The molecule has 0 fully saturated rings. The summed E-state index contributed by atoms with van der Waals surface area (Å²) in [6.07, 6.45) is -2.17. The molecule has 0 aliphatic heterocycles. The van der Waals surface area contributed by atoms with Crippen LogP contribution in [0, 0.1) is 0 Å². The first kappa shape index (κ1) is 18.4. The quantitative estimate of drug-likeness (QED) is 0.686. The summed E-state index contributed by atoms with van der Waals surface area (Å²) < 4.78 is 39.3. The van der Waals surface area contributed by atoms with Gasteiger partial charge in [-0.15, -0.1) is 0 Å². The Morgan fingerprint density at radius 2 is 1.70 bits per heavy atom. The van der Waals surface area contributed by atoms with E-state index >= 15 is 0 Å². The van der Waals surface area contributed by atoms with Crippen molar-refractivity contribution in [3.8, 4) is 0 Å². The molecule has 0 saturated heterocycles. The molecule has 1 heterocycles.